The molecule has 2 unspecified atom stereocenters. The summed E-state index contributed by atoms with van der Waals surface area (Å²) in [5.74, 6) is -4.47. The van der Waals surface area contributed by atoms with Crippen molar-refractivity contribution in [2.24, 2.45) is 0 Å². The maximum absolute atomic E-state index is 14.1. The number of Topliss-reactive ketones (excluding diaryl/α,β-unsaturated/α-hetero) is 1. The van der Waals surface area contributed by atoms with Gasteiger partial charge in [-0.2, -0.15) is 0 Å². The first-order valence-corrected chi connectivity index (χ1v) is 17.9. The lowest BCUT2D eigenvalue weighted by Gasteiger charge is -2.36. The lowest BCUT2D eigenvalue weighted by Crippen LogP contribution is -2.59. The van der Waals surface area contributed by atoms with E-state index in [-0.39, 0.29) is 12.8 Å². The minimum absolute atomic E-state index is 0.0930. The summed E-state index contributed by atoms with van der Waals surface area (Å²) in [4.78, 5) is 14.1. The molecule has 2 aromatic rings. The Labute approximate surface area is 268 Å². The zero-order chi connectivity index (χ0) is 31.8. The first-order chi connectivity index (χ1) is 21.4. The zero-order valence-corrected chi connectivity index (χ0v) is 27.9. The Bertz CT molecular complexity index is 887. The number of carbonyl (C=O) groups is 1. The maximum atomic E-state index is 14.1. The number of hydrogen-bond acceptors (Lipinski definition) is 5. The first-order valence-electron chi connectivity index (χ1n) is 17.9. The van der Waals surface area contributed by atoms with Gasteiger partial charge in [0.1, 0.15) is 11.5 Å². The van der Waals surface area contributed by atoms with E-state index in [9.17, 15) is 15.0 Å². The van der Waals surface area contributed by atoms with Gasteiger partial charge in [0.25, 0.3) is 17.4 Å². The van der Waals surface area contributed by atoms with Crippen molar-refractivity contribution in [3.8, 4) is 11.5 Å². The number of ether oxygens (including phenoxy) is 2. The molecule has 2 rings (SSSR count). The van der Waals surface area contributed by atoms with Crippen molar-refractivity contribution in [1.29, 1.82) is 0 Å². The third kappa shape index (κ3) is 15.6. The minimum Gasteiger partial charge on any atom is -0.455 e. The van der Waals surface area contributed by atoms with E-state index in [0.717, 1.165) is 38.5 Å². The second-order valence-electron chi connectivity index (χ2n) is 12.6. The van der Waals surface area contributed by atoms with Crippen molar-refractivity contribution in [3.63, 3.8) is 0 Å². The highest BCUT2D eigenvalue weighted by atomic mass is 16.7. The van der Waals surface area contributed by atoms with E-state index >= 15 is 0 Å². The van der Waals surface area contributed by atoms with Crippen molar-refractivity contribution in [3.05, 3.63) is 60.7 Å². The van der Waals surface area contributed by atoms with Crippen LogP contribution in [0.15, 0.2) is 60.7 Å². The van der Waals surface area contributed by atoms with Crippen LogP contribution in [0.4, 0.5) is 0 Å². The molecule has 0 aromatic heterocycles. The summed E-state index contributed by atoms with van der Waals surface area (Å²) in [6.45, 7) is 4.47. The van der Waals surface area contributed by atoms with Crippen molar-refractivity contribution in [2.75, 3.05) is 0 Å². The molecule has 0 bridgehead atoms. The van der Waals surface area contributed by atoms with Gasteiger partial charge in [0, 0.05) is 12.8 Å². The van der Waals surface area contributed by atoms with Gasteiger partial charge in [0.05, 0.1) is 0 Å². The summed E-state index contributed by atoms with van der Waals surface area (Å²) in [7, 11) is 0. The van der Waals surface area contributed by atoms with Gasteiger partial charge in [-0.1, -0.05) is 166 Å². The second kappa shape index (κ2) is 23.0. The molecule has 2 atom stereocenters. The summed E-state index contributed by atoms with van der Waals surface area (Å²) in [5, 5.41) is 23.6. The van der Waals surface area contributed by atoms with Crippen LogP contribution in [0.25, 0.3) is 0 Å². The average molecular weight is 611 g/mol. The number of carbonyl (C=O) groups excluding carboxylic acids is 1. The van der Waals surface area contributed by atoms with Gasteiger partial charge in [0.15, 0.2) is 0 Å². The molecule has 0 heterocycles. The molecule has 0 amide bonds. The Morgan fingerprint density at radius 1 is 0.477 bits per heavy atom. The molecular formula is C39H62O5. The Morgan fingerprint density at radius 3 is 1.05 bits per heavy atom. The second-order valence-corrected chi connectivity index (χ2v) is 12.6. The van der Waals surface area contributed by atoms with E-state index < -0.39 is 17.4 Å². The molecule has 0 aliphatic heterocycles. The van der Waals surface area contributed by atoms with E-state index in [4.69, 9.17) is 9.47 Å². The highest BCUT2D eigenvalue weighted by molar-refractivity contribution is 5.92. The van der Waals surface area contributed by atoms with Crippen LogP contribution in [0, 0.1) is 0 Å². The third-order valence-electron chi connectivity index (χ3n) is 8.51. The van der Waals surface area contributed by atoms with E-state index in [1.165, 1.54) is 77.0 Å². The van der Waals surface area contributed by atoms with Crippen LogP contribution < -0.4 is 9.47 Å². The molecule has 0 fully saturated rings. The summed E-state index contributed by atoms with van der Waals surface area (Å²) in [6.07, 6.45) is 22.9. The minimum atomic E-state index is -2.20. The molecule has 0 radical (unpaired) electrons. The van der Waals surface area contributed by atoms with E-state index in [2.05, 4.69) is 13.8 Å². The highest BCUT2D eigenvalue weighted by Gasteiger charge is 2.52. The van der Waals surface area contributed by atoms with Crippen molar-refractivity contribution in [1.82, 2.24) is 0 Å². The van der Waals surface area contributed by atoms with Crippen LogP contribution >= 0.6 is 0 Å². The van der Waals surface area contributed by atoms with Gasteiger partial charge in [-0.05, 0) is 37.1 Å². The Balaban J connectivity index is 2.02. The average Bonchev–Trinajstić information content (AvgIpc) is 3.03. The SMILES string of the molecule is CCCCCCCCCCCCC(O)(Oc1ccccc1)C(=O)C(O)(CCCCCCCCCCCC)Oc1ccccc1. The Kier molecular flexibility index (Phi) is 19.8. The number of ketones is 1. The van der Waals surface area contributed by atoms with Crippen LogP contribution in [0.2, 0.25) is 0 Å². The predicted octanol–water partition coefficient (Wildman–Crippen LogP) is 10.7. The Morgan fingerprint density at radius 2 is 0.750 bits per heavy atom. The van der Waals surface area contributed by atoms with Crippen LogP contribution in [-0.4, -0.2) is 27.6 Å². The van der Waals surface area contributed by atoms with Gasteiger partial charge in [-0.25, -0.2) is 0 Å². The zero-order valence-electron chi connectivity index (χ0n) is 27.9. The van der Waals surface area contributed by atoms with E-state index in [1.54, 1.807) is 48.5 Å². The van der Waals surface area contributed by atoms with Crippen LogP contribution in [0.3, 0.4) is 0 Å². The number of hydrogen-bond donors (Lipinski definition) is 2. The molecule has 0 spiro atoms. The predicted molar refractivity (Wildman–Crippen MR) is 182 cm³/mol. The topological polar surface area (TPSA) is 76.0 Å². The van der Waals surface area contributed by atoms with Gasteiger partial charge < -0.3 is 19.7 Å². The molecule has 2 aromatic carbocycles. The number of rotatable bonds is 28. The Hall–Kier alpha value is -2.37. The lowest BCUT2D eigenvalue weighted by molar-refractivity contribution is -0.221. The van der Waals surface area contributed by atoms with Gasteiger partial charge in [0.2, 0.25) is 0 Å². The summed E-state index contributed by atoms with van der Waals surface area (Å²) >= 11 is 0. The molecule has 5 heteroatoms. The van der Waals surface area contributed by atoms with Crippen LogP contribution in [-0.2, 0) is 4.79 Å². The number of benzene rings is 2. The van der Waals surface area contributed by atoms with Gasteiger partial charge >= 0.3 is 0 Å². The number of aliphatic hydroxyl groups is 2. The monoisotopic (exact) mass is 610 g/mol. The molecule has 0 aliphatic rings. The fraction of sp³-hybridized carbons (Fsp3) is 0.667. The lowest BCUT2D eigenvalue weighted by atomic mass is 9.92. The van der Waals surface area contributed by atoms with Crippen LogP contribution in [0.1, 0.15) is 155 Å². The number of para-hydroxylation sites is 2. The summed E-state index contributed by atoms with van der Waals surface area (Å²) in [5.41, 5.74) is 0. The standard InChI is InChI=1S/C39H62O5/c1-3-5-7-9-11-13-15-17-19-27-33-38(41,43-35-29-23-21-24-30-35)37(40)39(42,44-36-31-25-22-26-32-36)34-28-20-18-16-14-12-10-8-6-4-2/h21-26,29-32,41-42H,3-20,27-28,33-34H2,1-2H3. The normalized spacial score (nSPS) is 14.1. The summed E-state index contributed by atoms with van der Waals surface area (Å²) < 4.78 is 12.0. The number of unbranched alkanes of at least 4 members (excludes halogenated alkanes) is 18. The molecule has 5 nitrogen and oxygen atoms in total. The molecule has 0 aliphatic carbocycles. The molecule has 2 N–H and O–H groups in total. The molecule has 0 saturated carbocycles. The quantitative estimate of drug-likeness (QED) is 0.0740. The van der Waals surface area contributed by atoms with Crippen molar-refractivity contribution >= 4 is 5.78 Å². The van der Waals surface area contributed by atoms with E-state index in [1.807, 2.05) is 12.1 Å². The molecule has 44 heavy (non-hydrogen) atoms. The molecule has 248 valence electrons. The smallest absolute Gasteiger partial charge is 0.274 e. The van der Waals surface area contributed by atoms with Gasteiger partial charge in [-0.3, -0.25) is 4.79 Å². The molecular weight excluding hydrogens is 548 g/mol. The first kappa shape index (κ1) is 37.8. The largest absolute Gasteiger partial charge is 0.455 e. The van der Waals surface area contributed by atoms with Crippen molar-refractivity contribution < 1.29 is 24.5 Å². The maximum Gasteiger partial charge on any atom is 0.274 e. The molecule has 0 saturated heterocycles. The van der Waals surface area contributed by atoms with Crippen molar-refractivity contribution in [2.45, 2.75) is 167 Å². The summed E-state index contributed by atoms with van der Waals surface area (Å²) in [6, 6.07) is 17.8. The third-order valence-corrected chi connectivity index (χ3v) is 8.51. The van der Waals surface area contributed by atoms with Crippen LogP contribution in [0.5, 0.6) is 11.5 Å². The van der Waals surface area contributed by atoms with E-state index in [0.29, 0.717) is 24.3 Å². The highest BCUT2D eigenvalue weighted by Crippen LogP contribution is 2.32. The van der Waals surface area contributed by atoms with Gasteiger partial charge in [-0.15, -0.1) is 0 Å². The fourth-order valence-corrected chi connectivity index (χ4v) is 5.80. The fourth-order valence-electron chi connectivity index (χ4n) is 5.80.